The highest BCUT2D eigenvalue weighted by molar-refractivity contribution is 7.89. The first-order chi connectivity index (χ1) is 14.7. The molecule has 0 aliphatic carbocycles. The number of halogens is 2. The molecule has 11 heteroatoms. The molecule has 2 heterocycles. The lowest BCUT2D eigenvalue weighted by molar-refractivity contribution is -0.136. The lowest BCUT2D eigenvalue weighted by Crippen LogP contribution is -2.52. The predicted molar refractivity (Wildman–Crippen MR) is 113 cm³/mol. The van der Waals surface area contributed by atoms with Gasteiger partial charge >= 0.3 is 0 Å². The summed E-state index contributed by atoms with van der Waals surface area (Å²) in [6, 6.07) is 8.45. The van der Waals surface area contributed by atoms with Crippen molar-refractivity contribution in [1.82, 2.24) is 14.9 Å². The van der Waals surface area contributed by atoms with Crippen molar-refractivity contribution in [3.8, 4) is 0 Å². The summed E-state index contributed by atoms with van der Waals surface area (Å²) >= 11 is 11.9. The van der Waals surface area contributed by atoms with Crippen molar-refractivity contribution in [3.05, 3.63) is 63.1 Å². The number of sulfonamides is 1. The minimum atomic E-state index is -3.91. The molecule has 31 heavy (non-hydrogen) atoms. The molecule has 4 rings (SSSR count). The van der Waals surface area contributed by atoms with Crippen molar-refractivity contribution in [2.24, 2.45) is 0 Å². The van der Waals surface area contributed by atoms with Crippen LogP contribution >= 0.6 is 23.2 Å². The first kappa shape index (κ1) is 21.8. The average Bonchev–Trinajstić information content (AvgIpc) is 3.04. The number of fused-ring (bicyclic) bond motifs is 1. The van der Waals surface area contributed by atoms with Gasteiger partial charge in [0.15, 0.2) is 0 Å². The molecule has 2 aromatic rings. The number of nitrogens with zero attached hydrogens (tertiary/aromatic N) is 1. The predicted octanol–water partition coefficient (Wildman–Crippen LogP) is 2.23. The second-order valence-corrected chi connectivity index (χ2v) is 9.87. The highest BCUT2D eigenvalue weighted by atomic mass is 35.5. The second kappa shape index (κ2) is 8.23. The largest absolute Gasteiger partial charge is 0.322 e. The van der Waals surface area contributed by atoms with Crippen LogP contribution in [0.3, 0.4) is 0 Å². The van der Waals surface area contributed by atoms with E-state index in [0.29, 0.717) is 16.7 Å². The Morgan fingerprint density at radius 2 is 1.87 bits per heavy atom. The van der Waals surface area contributed by atoms with E-state index in [0.717, 1.165) is 0 Å². The fraction of sp³-hybridized carbons (Fsp3) is 0.250. The Labute approximate surface area is 188 Å². The lowest BCUT2D eigenvalue weighted by atomic mass is 10.0. The Kier molecular flexibility index (Phi) is 5.78. The van der Waals surface area contributed by atoms with Gasteiger partial charge in [-0.1, -0.05) is 35.3 Å². The molecule has 3 amide bonds. The van der Waals surface area contributed by atoms with E-state index in [9.17, 15) is 22.8 Å². The van der Waals surface area contributed by atoms with Crippen LogP contribution in [0.1, 0.15) is 34.3 Å². The zero-order valence-electron chi connectivity index (χ0n) is 16.0. The molecule has 0 spiro atoms. The van der Waals surface area contributed by atoms with E-state index in [1.54, 1.807) is 18.2 Å². The Morgan fingerprint density at radius 3 is 2.61 bits per heavy atom. The smallest absolute Gasteiger partial charge is 0.255 e. The molecule has 0 aromatic heterocycles. The van der Waals surface area contributed by atoms with Gasteiger partial charge in [-0.3, -0.25) is 19.7 Å². The number of nitrogens with one attached hydrogen (secondary N) is 2. The van der Waals surface area contributed by atoms with Crippen molar-refractivity contribution >= 4 is 50.9 Å². The van der Waals surface area contributed by atoms with E-state index >= 15 is 0 Å². The summed E-state index contributed by atoms with van der Waals surface area (Å²) in [5.74, 6) is -1.12. The standard InChI is InChI=1S/C20H17Cl2N3O5S/c21-13-2-4-15(22)17(8-13)31(29,30)23-9-11-1-3-14-12(7-11)10-25(20(14)28)16-5-6-18(26)24-19(16)27/h1-4,7-8,16,23H,5-6,9-10H2,(H,24,26,27). The normalized spacial score (nSPS) is 18.8. The zero-order valence-corrected chi connectivity index (χ0v) is 18.4. The van der Waals surface area contributed by atoms with Gasteiger partial charge in [-0.25, -0.2) is 13.1 Å². The van der Waals surface area contributed by atoms with Crippen LogP contribution in [0.4, 0.5) is 0 Å². The molecule has 2 aromatic carbocycles. The highest BCUT2D eigenvalue weighted by Gasteiger charge is 2.39. The molecule has 0 saturated carbocycles. The minimum absolute atomic E-state index is 0.0228. The first-order valence-electron chi connectivity index (χ1n) is 9.37. The number of benzene rings is 2. The van der Waals surface area contributed by atoms with E-state index in [4.69, 9.17) is 23.2 Å². The van der Waals surface area contributed by atoms with E-state index in [2.05, 4.69) is 10.0 Å². The number of carbonyl (C=O) groups excluding carboxylic acids is 3. The second-order valence-electron chi connectivity index (χ2n) is 7.29. The summed E-state index contributed by atoms with van der Waals surface area (Å²) in [5, 5.41) is 2.55. The Morgan fingerprint density at radius 1 is 1.10 bits per heavy atom. The molecular formula is C20H17Cl2N3O5S. The summed E-state index contributed by atoms with van der Waals surface area (Å²) < 4.78 is 27.7. The van der Waals surface area contributed by atoms with E-state index in [1.165, 1.54) is 23.1 Å². The van der Waals surface area contributed by atoms with Gasteiger partial charge in [0, 0.05) is 30.1 Å². The molecule has 1 atom stereocenters. The van der Waals surface area contributed by atoms with Crippen LogP contribution in [-0.2, 0) is 32.7 Å². The van der Waals surface area contributed by atoms with Crippen LogP contribution in [0.25, 0.3) is 0 Å². The van der Waals surface area contributed by atoms with Gasteiger partial charge in [-0.05, 0) is 41.8 Å². The van der Waals surface area contributed by atoms with Crippen molar-refractivity contribution in [2.75, 3.05) is 0 Å². The van der Waals surface area contributed by atoms with Gasteiger partial charge in [0.25, 0.3) is 5.91 Å². The Bertz CT molecular complexity index is 1220. The number of hydrogen-bond acceptors (Lipinski definition) is 5. The maximum atomic E-state index is 12.7. The molecule has 2 aliphatic heterocycles. The molecule has 162 valence electrons. The number of imide groups is 1. The summed E-state index contributed by atoms with van der Waals surface area (Å²) in [5.41, 5.74) is 1.78. The SMILES string of the molecule is O=C1CCC(N2Cc3cc(CNS(=O)(=O)c4cc(Cl)ccc4Cl)ccc3C2=O)C(=O)N1. The van der Waals surface area contributed by atoms with E-state index in [-0.39, 0.29) is 52.7 Å². The summed E-state index contributed by atoms with van der Waals surface area (Å²) in [6.07, 6.45) is 0.451. The van der Waals surface area contributed by atoms with Crippen molar-refractivity contribution < 1.29 is 22.8 Å². The topological polar surface area (TPSA) is 113 Å². The van der Waals surface area contributed by atoms with Crippen molar-refractivity contribution in [3.63, 3.8) is 0 Å². The molecule has 0 radical (unpaired) electrons. The van der Waals surface area contributed by atoms with Gasteiger partial charge in [-0.2, -0.15) is 0 Å². The first-order valence-corrected chi connectivity index (χ1v) is 11.6. The number of hydrogen-bond donors (Lipinski definition) is 2. The van der Waals surface area contributed by atoms with Crippen LogP contribution in [0, 0.1) is 0 Å². The monoisotopic (exact) mass is 481 g/mol. The molecule has 1 saturated heterocycles. The van der Waals surface area contributed by atoms with Gasteiger partial charge < -0.3 is 4.90 Å². The number of amides is 3. The summed E-state index contributed by atoms with van der Waals surface area (Å²) in [6.45, 7) is 0.187. The van der Waals surface area contributed by atoms with Gasteiger partial charge in [0.1, 0.15) is 10.9 Å². The molecule has 1 fully saturated rings. The molecule has 1 unspecified atom stereocenters. The third-order valence-corrected chi connectivity index (χ3v) is 7.35. The quantitative estimate of drug-likeness (QED) is 0.635. The average molecular weight is 482 g/mol. The van der Waals surface area contributed by atoms with E-state index < -0.39 is 22.0 Å². The third-order valence-electron chi connectivity index (χ3n) is 5.24. The fourth-order valence-corrected chi connectivity index (χ4v) is 5.46. The number of carbonyl (C=O) groups is 3. The van der Waals surface area contributed by atoms with Gasteiger partial charge in [0.05, 0.1) is 5.02 Å². The number of piperidine rings is 1. The van der Waals surface area contributed by atoms with Crippen LogP contribution in [-0.4, -0.2) is 37.1 Å². The van der Waals surface area contributed by atoms with Crippen LogP contribution in [0.15, 0.2) is 41.3 Å². The molecular weight excluding hydrogens is 465 g/mol. The minimum Gasteiger partial charge on any atom is -0.322 e. The molecule has 0 bridgehead atoms. The fourth-order valence-electron chi connectivity index (χ4n) is 3.68. The zero-order chi connectivity index (χ0) is 22.3. The maximum Gasteiger partial charge on any atom is 0.255 e. The Balaban J connectivity index is 1.49. The van der Waals surface area contributed by atoms with E-state index in [1.807, 2.05) is 0 Å². The summed E-state index contributed by atoms with van der Waals surface area (Å²) in [7, 11) is -3.91. The summed E-state index contributed by atoms with van der Waals surface area (Å²) in [4.78, 5) is 37.5. The van der Waals surface area contributed by atoms with Gasteiger partial charge in [-0.15, -0.1) is 0 Å². The van der Waals surface area contributed by atoms with Crippen LogP contribution in [0.2, 0.25) is 10.0 Å². The van der Waals surface area contributed by atoms with Crippen molar-refractivity contribution in [2.45, 2.75) is 36.9 Å². The van der Waals surface area contributed by atoms with Crippen molar-refractivity contribution in [1.29, 1.82) is 0 Å². The molecule has 8 nitrogen and oxygen atoms in total. The highest BCUT2D eigenvalue weighted by Crippen LogP contribution is 2.29. The van der Waals surface area contributed by atoms with Crippen LogP contribution in [0.5, 0.6) is 0 Å². The van der Waals surface area contributed by atoms with Gasteiger partial charge in [0.2, 0.25) is 21.8 Å². The molecule has 2 N–H and O–H groups in total. The Hall–Kier alpha value is -2.46. The van der Waals surface area contributed by atoms with Crippen LogP contribution < -0.4 is 10.0 Å². The lowest BCUT2D eigenvalue weighted by Gasteiger charge is -2.29. The number of rotatable bonds is 5. The third kappa shape index (κ3) is 4.31. The molecule has 2 aliphatic rings. The maximum absolute atomic E-state index is 12.7.